The molecule has 1 unspecified atom stereocenters. The summed E-state index contributed by atoms with van der Waals surface area (Å²) in [4.78, 5) is 0. The lowest BCUT2D eigenvalue weighted by molar-refractivity contribution is -0.0498. The lowest BCUT2D eigenvalue weighted by Crippen LogP contribution is -2.07. The van der Waals surface area contributed by atoms with Crippen LogP contribution >= 0.6 is 0 Å². The molecule has 76 valence electrons. The first-order chi connectivity index (χ1) is 6.63. The van der Waals surface area contributed by atoms with Crippen LogP contribution in [-0.2, 0) is 0 Å². The largest absolute Gasteiger partial charge is 0.435 e. The molecule has 0 aliphatic heterocycles. The van der Waals surface area contributed by atoms with Crippen LogP contribution in [0.15, 0.2) is 36.9 Å². The first kappa shape index (κ1) is 10.7. The molecule has 0 saturated carbocycles. The van der Waals surface area contributed by atoms with Crippen molar-refractivity contribution in [2.45, 2.75) is 12.7 Å². The fourth-order valence-electron chi connectivity index (χ4n) is 1.03. The maximum absolute atomic E-state index is 11.9. The van der Waals surface area contributed by atoms with Crippen molar-refractivity contribution in [3.8, 4) is 5.75 Å². The Bertz CT molecular complexity index is 315. The van der Waals surface area contributed by atoms with Gasteiger partial charge in [-0.2, -0.15) is 8.78 Å². The summed E-state index contributed by atoms with van der Waals surface area (Å²) in [6.45, 7) is 0.699. The minimum atomic E-state index is -2.81. The smallest absolute Gasteiger partial charge is 0.387 e. The van der Waals surface area contributed by atoms with E-state index in [0.717, 1.165) is 0 Å². The van der Waals surface area contributed by atoms with Crippen molar-refractivity contribution in [3.05, 3.63) is 42.5 Å². The fourth-order valence-corrected chi connectivity index (χ4v) is 1.03. The number of nitrogens with two attached hydrogens (primary N) is 1. The molecule has 1 atom stereocenters. The molecule has 0 aliphatic carbocycles. The monoisotopic (exact) mass is 199 g/mol. The standard InChI is InChI=1S/C10H11F2NO/c1-2-9(13)7-4-3-5-8(6-7)14-10(11)12/h2-6,9-10H,1,13H2. The van der Waals surface area contributed by atoms with Gasteiger partial charge in [-0.1, -0.05) is 18.2 Å². The Morgan fingerprint density at radius 3 is 2.71 bits per heavy atom. The highest BCUT2D eigenvalue weighted by atomic mass is 19.3. The molecule has 0 fully saturated rings. The highest BCUT2D eigenvalue weighted by Crippen LogP contribution is 2.19. The Morgan fingerprint density at radius 2 is 2.14 bits per heavy atom. The van der Waals surface area contributed by atoms with Gasteiger partial charge in [0.05, 0.1) is 0 Å². The third-order valence-electron chi connectivity index (χ3n) is 1.72. The van der Waals surface area contributed by atoms with E-state index in [1.807, 2.05) is 0 Å². The minimum Gasteiger partial charge on any atom is -0.435 e. The molecular formula is C10H11F2NO. The molecule has 0 spiro atoms. The second-order valence-corrected chi connectivity index (χ2v) is 2.71. The van der Waals surface area contributed by atoms with Crippen LogP contribution in [0.2, 0.25) is 0 Å². The molecule has 1 rings (SSSR count). The van der Waals surface area contributed by atoms with E-state index in [4.69, 9.17) is 5.73 Å². The Morgan fingerprint density at radius 1 is 1.43 bits per heavy atom. The summed E-state index contributed by atoms with van der Waals surface area (Å²) in [5, 5.41) is 0. The summed E-state index contributed by atoms with van der Waals surface area (Å²) in [5.41, 5.74) is 6.33. The molecule has 2 nitrogen and oxygen atoms in total. The number of rotatable bonds is 4. The Labute approximate surface area is 81.0 Å². The number of hydrogen-bond donors (Lipinski definition) is 1. The molecule has 1 aromatic rings. The molecule has 14 heavy (non-hydrogen) atoms. The summed E-state index contributed by atoms with van der Waals surface area (Å²) in [6, 6.07) is 5.89. The van der Waals surface area contributed by atoms with E-state index in [0.29, 0.717) is 5.56 Å². The van der Waals surface area contributed by atoms with Crippen LogP contribution in [0.1, 0.15) is 11.6 Å². The molecule has 4 heteroatoms. The van der Waals surface area contributed by atoms with Crippen molar-refractivity contribution in [1.82, 2.24) is 0 Å². The lowest BCUT2D eigenvalue weighted by Gasteiger charge is -2.09. The first-order valence-electron chi connectivity index (χ1n) is 4.06. The van der Waals surface area contributed by atoms with Crippen LogP contribution in [0.25, 0.3) is 0 Å². The van der Waals surface area contributed by atoms with Gasteiger partial charge in [0, 0.05) is 6.04 Å². The highest BCUT2D eigenvalue weighted by Gasteiger charge is 2.06. The second kappa shape index (κ2) is 4.72. The molecule has 0 aliphatic rings. The highest BCUT2D eigenvalue weighted by molar-refractivity contribution is 5.31. The van der Waals surface area contributed by atoms with Gasteiger partial charge in [0.1, 0.15) is 5.75 Å². The topological polar surface area (TPSA) is 35.2 Å². The zero-order valence-corrected chi connectivity index (χ0v) is 7.49. The van der Waals surface area contributed by atoms with Crippen LogP contribution < -0.4 is 10.5 Å². The van der Waals surface area contributed by atoms with Crippen LogP contribution in [-0.4, -0.2) is 6.61 Å². The number of benzene rings is 1. The van der Waals surface area contributed by atoms with Gasteiger partial charge < -0.3 is 10.5 Å². The van der Waals surface area contributed by atoms with Crippen molar-refractivity contribution in [2.24, 2.45) is 5.73 Å². The molecule has 0 aromatic heterocycles. The van der Waals surface area contributed by atoms with E-state index in [2.05, 4.69) is 11.3 Å². The van der Waals surface area contributed by atoms with Crippen molar-refractivity contribution in [1.29, 1.82) is 0 Å². The van der Waals surface area contributed by atoms with Gasteiger partial charge in [-0.25, -0.2) is 0 Å². The summed E-state index contributed by atoms with van der Waals surface area (Å²) in [7, 11) is 0. The summed E-state index contributed by atoms with van der Waals surface area (Å²) in [6.07, 6.45) is 1.53. The normalized spacial score (nSPS) is 12.6. The summed E-state index contributed by atoms with van der Waals surface area (Å²) < 4.78 is 27.9. The molecule has 0 saturated heterocycles. The SMILES string of the molecule is C=CC(N)c1cccc(OC(F)F)c1. The molecular weight excluding hydrogens is 188 g/mol. The molecule has 2 N–H and O–H groups in total. The van der Waals surface area contributed by atoms with E-state index in [-0.39, 0.29) is 11.8 Å². The quantitative estimate of drug-likeness (QED) is 0.756. The molecule has 0 radical (unpaired) electrons. The fraction of sp³-hybridized carbons (Fsp3) is 0.200. The minimum absolute atomic E-state index is 0.106. The number of alkyl halides is 2. The number of ether oxygens (including phenoxy) is 1. The molecule has 1 aromatic carbocycles. The molecule has 0 bridgehead atoms. The predicted molar refractivity (Wildman–Crippen MR) is 50.2 cm³/mol. The summed E-state index contributed by atoms with van der Waals surface area (Å²) >= 11 is 0. The van der Waals surface area contributed by atoms with Crippen LogP contribution in [0.4, 0.5) is 8.78 Å². The molecule has 0 amide bonds. The van der Waals surface area contributed by atoms with Gasteiger partial charge in [0.25, 0.3) is 0 Å². The van der Waals surface area contributed by atoms with Gasteiger partial charge in [0.2, 0.25) is 0 Å². The third kappa shape index (κ3) is 2.81. The average Bonchev–Trinajstić information content (AvgIpc) is 2.16. The van der Waals surface area contributed by atoms with Crippen LogP contribution in [0.5, 0.6) is 5.75 Å². The number of hydrogen-bond acceptors (Lipinski definition) is 2. The predicted octanol–water partition coefficient (Wildman–Crippen LogP) is 2.47. The van der Waals surface area contributed by atoms with Crippen LogP contribution in [0.3, 0.4) is 0 Å². The molecule has 0 heterocycles. The van der Waals surface area contributed by atoms with Gasteiger partial charge in [-0.3, -0.25) is 0 Å². The van der Waals surface area contributed by atoms with E-state index >= 15 is 0 Å². The van der Waals surface area contributed by atoms with Crippen LogP contribution in [0, 0.1) is 0 Å². The first-order valence-corrected chi connectivity index (χ1v) is 4.06. The zero-order chi connectivity index (χ0) is 10.6. The average molecular weight is 199 g/mol. The van der Waals surface area contributed by atoms with Crippen molar-refractivity contribution >= 4 is 0 Å². The third-order valence-corrected chi connectivity index (χ3v) is 1.72. The summed E-state index contributed by atoms with van der Waals surface area (Å²) in [5.74, 6) is 0.106. The van der Waals surface area contributed by atoms with Gasteiger partial charge >= 0.3 is 6.61 Å². The maximum atomic E-state index is 11.9. The van der Waals surface area contributed by atoms with E-state index in [1.54, 1.807) is 12.1 Å². The van der Waals surface area contributed by atoms with Crippen molar-refractivity contribution in [2.75, 3.05) is 0 Å². The Balaban J connectivity index is 2.83. The van der Waals surface area contributed by atoms with Gasteiger partial charge in [-0.15, -0.1) is 6.58 Å². The van der Waals surface area contributed by atoms with E-state index in [1.165, 1.54) is 18.2 Å². The number of halogens is 2. The van der Waals surface area contributed by atoms with E-state index in [9.17, 15) is 8.78 Å². The van der Waals surface area contributed by atoms with Gasteiger partial charge in [-0.05, 0) is 17.7 Å². The zero-order valence-electron chi connectivity index (χ0n) is 7.49. The van der Waals surface area contributed by atoms with Gasteiger partial charge in [0.15, 0.2) is 0 Å². The van der Waals surface area contributed by atoms with Crippen molar-refractivity contribution in [3.63, 3.8) is 0 Å². The second-order valence-electron chi connectivity index (χ2n) is 2.71. The lowest BCUT2D eigenvalue weighted by atomic mass is 10.1. The van der Waals surface area contributed by atoms with E-state index < -0.39 is 6.61 Å². The Kier molecular flexibility index (Phi) is 3.59. The van der Waals surface area contributed by atoms with Crippen molar-refractivity contribution < 1.29 is 13.5 Å². The Hall–Kier alpha value is -1.42. The maximum Gasteiger partial charge on any atom is 0.387 e.